The van der Waals surface area contributed by atoms with Crippen LogP contribution in [0, 0.1) is 0 Å². The van der Waals surface area contributed by atoms with E-state index < -0.39 is 16.0 Å². The number of nitrogens with one attached hydrogen (secondary N) is 1. The summed E-state index contributed by atoms with van der Waals surface area (Å²) in [5.74, 6) is -1.14. The SMILES string of the molecule is O=C(O)c1cn(CCCCNS(=O)(=O)c2cc3ccccc3cc2Cl)nn1. The number of carboxylic acids is 1. The van der Waals surface area contributed by atoms with E-state index in [1.165, 1.54) is 10.9 Å². The molecule has 1 heterocycles. The predicted octanol–water partition coefficient (Wildman–Crippen LogP) is 2.54. The lowest BCUT2D eigenvalue weighted by molar-refractivity contribution is 0.0690. The van der Waals surface area contributed by atoms with Crippen LogP contribution in [0.3, 0.4) is 0 Å². The summed E-state index contributed by atoms with van der Waals surface area (Å²) in [4.78, 5) is 10.8. The van der Waals surface area contributed by atoms with Gasteiger partial charge in [-0.1, -0.05) is 41.1 Å². The van der Waals surface area contributed by atoms with Crippen molar-refractivity contribution in [3.8, 4) is 0 Å². The highest BCUT2D eigenvalue weighted by Crippen LogP contribution is 2.27. The normalized spacial score (nSPS) is 11.7. The van der Waals surface area contributed by atoms with Crippen molar-refractivity contribution in [1.82, 2.24) is 19.7 Å². The number of aromatic carboxylic acids is 1. The minimum Gasteiger partial charge on any atom is -0.476 e. The van der Waals surface area contributed by atoms with E-state index in [-0.39, 0.29) is 22.2 Å². The molecule has 2 aromatic carbocycles. The molecule has 0 unspecified atom stereocenters. The molecule has 0 radical (unpaired) electrons. The van der Waals surface area contributed by atoms with Crippen molar-refractivity contribution in [1.29, 1.82) is 0 Å². The van der Waals surface area contributed by atoms with Crippen molar-refractivity contribution in [2.45, 2.75) is 24.3 Å². The fourth-order valence-electron chi connectivity index (χ4n) is 2.59. The number of hydrogen-bond acceptors (Lipinski definition) is 5. The number of sulfonamides is 1. The lowest BCUT2D eigenvalue weighted by Crippen LogP contribution is -2.25. The molecule has 0 fully saturated rings. The first-order chi connectivity index (χ1) is 12.9. The van der Waals surface area contributed by atoms with Crippen molar-refractivity contribution >= 4 is 38.4 Å². The first-order valence-corrected chi connectivity index (χ1v) is 10.0. The summed E-state index contributed by atoms with van der Waals surface area (Å²) < 4.78 is 29.0. The van der Waals surface area contributed by atoms with Crippen LogP contribution in [0.2, 0.25) is 5.02 Å². The Morgan fingerprint density at radius 2 is 1.89 bits per heavy atom. The van der Waals surface area contributed by atoms with Gasteiger partial charge in [0, 0.05) is 13.1 Å². The molecular formula is C17H17ClN4O4S. The van der Waals surface area contributed by atoms with Gasteiger partial charge in [-0.05, 0) is 35.7 Å². The molecule has 0 bridgehead atoms. The van der Waals surface area contributed by atoms with Crippen LogP contribution in [0.4, 0.5) is 0 Å². The van der Waals surface area contributed by atoms with Crippen LogP contribution in [0.1, 0.15) is 23.3 Å². The number of aryl methyl sites for hydroxylation is 1. The summed E-state index contributed by atoms with van der Waals surface area (Å²) in [6, 6.07) is 10.6. The molecule has 27 heavy (non-hydrogen) atoms. The summed E-state index contributed by atoms with van der Waals surface area (Å²) in [6.07, 6.45) is 2.49. The molecule has 1 aromatic heterocycles. The molecule has 8 nitrogen and oxygen atoms in total. The standard InChI is InChI=1S/C17H17ClN4O4S/c18-14-9-12-5-1-2-6-13(12)10-16(14)27(25,26)19-7-3-4-8-22-11-15(17(23)24)20-21-22/h1-2,5-6,9-11,19H,3-4,7-8H2,(H,23,24). The van der Waals surface area contributed by atoms with E-state index in [1.54, 1.807) is 12.1 Å². The lowest BCUT2D eigenvalue weighted by Gasteiger charge is -2.10. The Labute approximate surface area is 160 Å². The molecule has 0 saturated carbocycles. The maximum atomic E-state index is 12.5. The van der Waals surface area contributed by atoms with Crippen molar-refractivity contribution in [2.24, 2.45) is 0 Å². The van der Waals surface area contributed by atoms with Gasteiger partial charge in [0.05, 0.1) is 11.2 Å². The van der Waals surface area contributed by atoms with Gasteiger partial charge < -0.3 is 5.11 Å². The predicted molar refractivity (Wildman–Crippen MR) is 100 cm³/mol. The number of carbonyl (C=O) groups is 1. The van der Waals surface area contributed by atoms with Gasteiger partial charge in [-0.15, -0.1) is 5.10 Å². The van der Waals surface area contributed by atoms with E-state index in [0.717, 1.165) is 10.8 Å². The minimum atomic E-state index is -3.73. The number of aromatic nitrogens is 3. The van der Waals surface area contributed by atoms with Gasteiger partial charge in [0.15, 0.2) is 5.69 Å². The fraction of sp³-hybridized carbons (Fsp3) is 0.235. The van der Waals surface area contributed by atoms with E-state index >= 15 is 0 Å². The first-order valence-electron chi connectivity index (χ1n) is 8.18. The van der Waals surface area contributed by atoms with Crippen LogP contribution in [-0.2, 0) is 16.6 Å². The van der Waals surface area contributed by atoms with Crippen LogP contribution in [0.15, 0.2) is 47.5 Å². The Hall–Kier alpha value is -2.49. The van der Waals surface area contributed by atoms with E-state index in [1.807, 2.05) is 24.3 Å². The Morgan fingerprint density at radius 3 is 2.56 bits per heavy atom. The van der Waals surface area contributed by atoms with Crippen LogP contribution in [0.25, 0.3) is 10.8 Å². The van der Waals surface area contributed by atoms with E-state index in [0.29, 0.717) is 19.4 Å². The molecule has 2 N–H and O–H groups in total. The zero-order valence-corrected chi connectivity index (χ0v) is 15.7. The summed E-state index contributed by atoms with van der Waals surface area (Å²) in [5.41, 5.74) is -0.123. The average Bonchev–Trinajstić information content (AvgIpc) is 3.10. The molecule has 10 heteroatoms. The van der Waals surface area contributed by atoms with Crippen molar-refractivity contribution < 1.29 is 18.3 Å². The van der Waals surface area contributed by atoms with Crippen LogP contribution in [0.5, 0.6) is 0 Å². The molecule has 142 valence electrons. The van der Waals surface area contributed by atoms with Gasteiger partial charge in [-0.2, -0.15) is 0 Å². The van der Waals surface area contributed by atoms with Crippen molar-refractivity contribution in [3.05, 3.63) is 53.3 Å². The number of benzene rings is 2. The van der Waals surface area contributed by atoms with Gasteiger partial charge in [-0.3, -0.25) is 4.68 Å². The largest absolute Gasteiger partial charge is 0.476 e. The quantitative estimate of drug-likeness (QED) is 0.553. The second kappa shape index (κ2) is 8.03. The van der Waals surface area contributed by atoms with Crippen LogP contribution in [-0.4, -0.2) is 41.0 Å². The summed E-state index contributed by atoms with van der Waals surface area (Å²) in [7, 11) is -3.73. The molecule has 0 aliphatic rings. The average molecular weight is 409 g/mol. The molecule has 3 aromatic rings. The minimum absolute atomic E-state index is 0.0465. The van der Waals surface area contributed by atoms with Crippen molar-refractivity contribution in [2.75, 3.05) is 6.54 Å². The molecule has 0 amide bonds. The van der Waals surface area contributed by atoms with Gasteiger partial charge in [0.25, 0.3) is 0 Å². The molecule has 3 rings (SSSR count). The third-order valence-electron chi connectivity index (χ3n) is 3.95. The van der Waals surface area contributed by atoms with E-state index in [9.17, 15) is 13.2 Å². The van der Waals surface area contributed by atoms with E-state index in [2.05, 4.69) is 15.0 Å². The third kappa shape index (κ3) is 4.62. The summed E-state index contributed by atoms with van der Waals surface area (Å²) in [6.45, 7) is 0.671. The number of rotatable bonds is 8. The van der Waals surface area contributed by atoms with Crippen LogP contribution >= 0.6 is 11.6 Å². The van der Waals surface area contributed by atoms with Crippen molar-refractivity contribution in [3.63, 3.8) is 0 Å². The smallest absolute Gasteiger partial charge is 0.358 e. The van der Waals surface area contributed by atoms with Gasteiger partial charge >= 0.3 is 5.97 Å². The molecule has 0 aliphatic heterocycles. The highest BCUT2D eigenvalue weighted by molar-refractivity contribution is 7.89. The molecule has 0 atom stereocenters. The van der Waals surface area contributed by atoms with Gasteiger partial charge in [0.2, 0.25) is 10.0 Å². The highest BCUT2D eigenvalue weighted by Gasteiger charge is 2.18. The number of fused-ring (bicyclic) bond motifs is 1. The maximum Gasteiger partial charge on any atom is 0.358 e. The van der Waals surface area contributed by atoms with Crippen LogP contribution < -0.4 is 4.72 Å². The maximum absolute atomic E-state index is 12.5. The molecule has 0 aliphatic carbocycles. The Balaban J connectivity index is 1.57. The second-order valence-electron chi connectivity index (χ2n) is 5.91. The lowest BCUT2D eigenvalue weighted by atomic mass is 10.1. The summed E-state index contributed by atoms with van der Waals surface area (Å²) in [5, 5.41) is 17.8. The third-order valence-corrected chi connectivity index (χ3v) is 5.88. The zero-order valence-electron chi connectivity index (χ0n) is 14.2. The molecule has 0 saturated heterocycles. The highest BCUT2D eigenvalue weighted by atomic mass is 35.5. The second-order valence-corrected chi connectivity index (χ2v) is 8.05. The number of hydrogen-bond donors (Lipinski definition) is 2. The summed E-state index contributed by atoms with van der Waals surface area (Å²) >= 11 is 6.15. The number of nitrogens with zero attached hydrogens (tertiary/aromatic N) is 3. The monoisotopic (exact) mass is 408 g/mol. The zero-order chi connectivity index (χ0) is 19.4. The van der Waals surface area contributed by atoms with Gasteiger partial charge in [0.1, 0.15) is 4.90 Å². The molecule has 0 spiro atoms. The fourth-order valence-corrected chi connectivity index (χ4v) is 4.23. The van der Waals surface area contributed by atoms with E-state index in [4.69, 9.17) is 16.7 Å². The number of halogens is 1. The molecular weight excluding hydrogens is 392 g/mol. The Kier molecular flexibility index (Phi) is 5.73. The Morgan fingerprint density at radius 1 is 1.19 bits per heavy atom. The first kappa shape index (κ1) is 19.3. The number of unbranched alkanes of at least 4 members (excludes halogenated alkanes) is 1. The van der Waals surface area contributed by atoms with Gasteiger partial charge in [-0.25, -0.2) is 17.9 Å². The number of carboxylic acid groups (broad SMARTS) is 1. The Bertz CT molecular complexity index is 1080. The topological polar surface area (TPSA) is 114 Å².